The highest BCUT2D eigenvalue weighted by atomic mass is 15.2. The average Bonchev–Trinajstić information content (AvgIpc) is 2.31. The Balaban J connectivity index is 2.29. The van der Waals surface area contributed by atoms with E-state index in [2.05, 4.69) is 16.8 Å². The van der Waals surface area contributed by atoms with Crippen LogP contribution in [0.4, 0.5) is 0 Å². The lowest BCUT2D eigenvalue weighted by Crippen LogP contribution is -2.22. The van der Waals surface area contributed by atoms with Crippen LogP contribution in [0.25, 0.3) is 0 Å². The highest BCUT2D eigenvalue weighted by molar-refractivity contribution is 5.81. The zero-order chi connectivity index (χ0) is 7.40. The minimum Gasteiger partial charge on any atom is -0.231 e. The highest BCUT2D eigenvalue weighted by Crippen LogP contribution is 1.99. The third-order valence-corrected chi connectivity index (χ3v) is 1.68. The van der Waals surface area contributed by atoms with Crippen molar-refractivity contribution < 1.29 is 0 Å². The quantitative estimate of drug-likeness (QED) is 0.575. The zero-order valence-corrected chi connectivity index (χ0v) is 6.67. The summed E-state index contributed by atoms with van der Waals surface area (Å²) in [6, 6.07) is 0. The molecule has 0 amide bonds. The van der Waals surface area contributed by atoms with E-state index in [-0.39, 0.29) is 0 Å². The third kappa shape index (κ3) is 1.59. The molecule has 0 atom stereocenters. The number of nitrogens with zero attached hydrogens (tertiary/aromatic N) is 2. The Morgan fingerprint density at radius 3 is 2.90 bits per heavy atom. The van der Waals surface area contributed by atoms with Gasteiger partial charge in [0, 0.05) is 6.92 Å². The van der Waals surface area contributed by atoms with Crippen molar-refractivity contribution in [3.8, 4) is 0 Å². The van der Waals surface area contributed by atoms with Crippen LogP contribution in [0.5, 0.6) is 0 Å². The molecule has 0 saturated heterocycles. The summed E-state index contributed by atoms with van der Waals surface area (Å²) in [7, 11) is 0. The Morgan fingerprint density at radius 1 is 1.60 bits per heavy atom. The van der Waals surface area contributed by atoms with Gasteiger partial charge in [0.25, 0.3) is 5.84 Å². The second-order valence-corrected chi connectivity index (χ2v) is 2.52. The van der Waals surface area contributed by atoms with E-state index in [1.165, 1.54) is 12.8 Å². The van der Waals surface area contributed by atoms with Crippen molar-refractivity contribution in [1.29, 1.82) is 0 Å². The van der Waals surface area contributed by atoms with Gasteiger partial charge in [0.05, 0.1) is 6.54 Å². The predicted molar refractivity (Wildman–Crippen MR) is 43.6 cm³/mol. The van der Waals surface area contributed by atoms with Gasteiger partial charge in [-0.2, -0.15) is 0 Å². The fraction of sp³-hybridized carbons (Fsp3) is 0.625. The molecule has 0 bridgehead atoms. The van der Waals surface area contributed by atoms with Crippen molar-refractivity contribution in [1.82, 2.24) is 9.89 Å². The predicted octanol–water partition coefficient (Wildman–Crippen LogP) is 1.33. The minimum atomic E-state index is 1.11. The molecule has 0 aromatic rings. The van der Waals surface area contributed by atoms with Gasteiger partial charge in [-0.05, 0) is 6.42 Å². The van der Waals surface area contributed by atoms with Gasteiger partial charge in [-0.3, -0.25) is 0 Å². The monoisotopic (exact) mass is 138 g/mol. The number of unbranched alkanes of at least 4 members (excludes halogenated alkanes) is 1. The van der Waals surface area contributed by atoms with Gasteiger partial charge < -0.3 is 0 Å². The lowest BCUT2D eigenvalue weighted by molar-refractivity contribution is 0.533. The first-order chi connectivity index (χ1) is 4.84. The van der Waals surface area contributed by atoms with E-state index in [1.54, 1.807) is 0 Å². The van der Waals surface area contributed by atoms with E-state index >= 15 is 0 Å². The molecular weight excluding hydrogens is 124 g/mol. The number of hydrogen-bond acceptors (Lipinski definition) is 2. The first kappa shape index (κ1) is 7.32. The maximum absolute atomic E-state index is 4.13. The lowest BCUT2D eigenvalue weighted by atomic mass is 10.3. The van der Waals surface area contributed by atoms with Crippen molar-refractivity contribution in [3.05, 3.63) is 12.4 Å². The topological polar surface area (TPSA) is 17.3 Å². The van der Waals surface area contributed by atoms with Crippen LogP contribution in [0.2, 0.25) is 0 Å². The van der Waals surface area contributed by atoms with Gasteiger partial charge in [0.1, 0.15) is 6.20 Å². The molecule has 0 aromatic heterocycles. The molecule has 2 heteroatoms. The second-order valence-electron chi connectivity index (χ2n) is 2.52. The van der Waals surface area contributed by atoms with Gasteiger partial charge in [-0.1, -0.05) is 18.3 Å². The molecule has 1 rings (SSSR count). The molecule has 0 aliphatic carbocycles. The summed E-state index contributed by atoms with van der Waals surface area (Å²) in [4.78, 5) is 6.32. The maximum Gasteiger partial charge on any atom is 0.295 e. The van der Waals surface area contributed by atoms with E-state index in [4.69, 9.17) is 0 Å². The summed E-state index contributed by atoms with van der Waals surface area (Å²) in [6.07, 6.45) is 6.38. The summed E-state index contributed by atoms with van der Waals surface area (Å²) in [6.45, 7) is 5.35. The maximum atomic E-state index is 4.13. The van der Waals surface area contributed by atoms with Crippen molar-refractivity contribution in [2.45, 2.75) is 26.7 Å². The number of amidine groups is 1. The second kappa shape index (κ2) is 3.40. The number of aliphatic imine (C=N–C) groups is 1. The summed E-state index contributed by atoms with van der Waals surface area (Å²) in [5.41, 5.74) is 0. The van der Waals surface area contributed by atoms with Crippen LogP contribution in [-0.4, -0.2) is 17.3 Å². The van der Waals surface area contributed by atoms with Crippen molar-refractivity contribution >= 4 is 5.84 Å². The Morgan fingerprint density at radius 2 is 2.40 bits per heavy atom. The molecule has 1 radical (unpaired) electrons. The molecule has 1 heterocycles. The summed E-state index contributed by atoms with van der Waals surface area (Å²) in [5.74, 6) is 1.12. The van der Waals surface area contributed by atoms with E-state index in [0.717, 1.165) is 12.4 Å². The third-order valence-electron chi connectivity index (χ3n) is 1.68. The largest absolute Gasteiger partial charge is 0.295 e. The Bertz CT molecular complexity index is 159. The standard InChI is InChI=1S/C8H14N2/c1-3-4-6-10-7-5-9-8(10)2/h5,7H,3-4,6H2,1-2H3/q+1. The Hall–Kier alpha value is -0.790. The first-order valence-corrected chi connectivity index (χ1v) is 3.82. The number of hydrogen-bond donors (Lipinski definition) is 0. The normalized spacial score (nSPS) is 16.2. The van der Waals surface area contributed by atoms with Gasteiger partial charge in [-0.25, -0.2) is 4.90 Å². The van der Waals surface area contributed by atoms with Crippen LogP contribution in [-0.2, 0) is 0 Å². The lowest BCUT2D eigenvalue weighted by Gasteiger charge is -2.04. The highest BCUT2D eigenvalue weighted by Gasteiger charge is 2.16. The summed E-state index contributed by atoms with van der Waals surface area (Å²) in [5, 5.41) is 0. The smallest absolute Gasteiger partial charge is 0.231 e. The zero-order valence-electron chi connectivity index (χ0n) is 6.67. The molecular formula is C8H14N2+. The van der Waals surface area contributed by atoms with Crippen LogP contribution in [0.15, 0.2) is 12.4 Å². The Kier molecular flexibility index (Phi) is 2.49. The molecule has 55 valence electrons. The summed E-state index contributed by atoms with van der Waals surface area (Å²) < 4.78 is 0. The van der Waals surface area contributed by atoms with E-state index in [1.807, 2.05) is 19.3 Å². The molecule has 0 fully saturated rings. The first-order valence-electron chi connectivity index (χ1n) is 3.82. The van der Waals surface area contributed by atoms with E-state index in [0.29, 0.717) is 0 Å². The van der Waals surface area contributed by atoms with Crippen LogP contribution >= 0.6 is 0 Å². The van der Waals surface area contributed by atoms with Gasteiger partial charge in [0.2, 0.25) is 0 Å². The molecule has 0 unspecified atom stereocenters. The SMILES string of the molecule is CCCCN1C=C[N+]=C1C. The molecule has 0 N–H and O–H groups in total. The van der Waals surface area contributed by atoms with Crippen molar-refractivity contribution in [3.63, 3.8) is 0 Å². The van der Waals surface area contributed by atoms with Crippen LogP contribution < -0.4 is 4.99 Å². The fourth-order valence-electron chi connectivity index (χ4n) is 0.969. The van der Waals surface area contributed by atoms with Crippen LogP contribution in [0.3, 0.4) is 0 Å². The average molecular weight is 138 g/mol. The van der Waals surface area contributed by atoms with Crippen molar-refractivity contribution in [2.75, 3.05) is 6.54 Å². The molecule has 0 saturated carbocycles. The Labute approximate surface area is 62.3 Å². The molecule has 1 aliphatic rings. The van der Waals surface area contributed by atoms with E-state index in [9.17, 15) is 0 Å². The summed E-state index contributed by atoms with van der Waals surface area (Å²) >= 11 is 0. The molecule has 1 aliphatic heterocycles. The van der Waals surface area contributed by atoms with Gasteiger partial charge in [-0.15, -0.1) is 0 Å². The minimum absolute atomic E-state index is 1.11. The van der Waals surface area contributed by atoms with E-state index < -0.39 is 0 Å². The fourth-order valence-corrected chi connectivity index (χ4v) is 0.969. The van der Waals surface area contributed by atoms with Crippen LogP contribution in [0, 0.1) is 0 Å². The molecule has 2 nitrogen and oxygen atoms in total. The van der Waals surface area contributed by atoms with Crippen molar-refractivity contribution in [2.24, 2.45) is 0 Å². The molecule has 10 heavy (non-hydrogen) atoms. The van der Waals surface area contributed by atoms with Gasteiger partial charge in [0.15, 0.2) is 6.20 Å². The van der Waals surface area contributed by atoms with Crippen LogP contribution in [0.1, 0.15) is 26.7 Å². The molecule has 0 aromatic carbocycles. The number of rotatable bonds is 3. The van der Waals surface area contributed by atoms with Gasteiger partial charge >= 0.3 is 0 Å². The molecule has 0 spiro atoms.